The number of benzene rings is 1. The third kappa shape index (κ3) is 2.28. The van der Waals surface area contributed by atoms with Gasteiger partial charge in [0.1, 0.15) is 17.5 Å². The molecular formula is C13H12F3NS. The predicted octanol–water partition coefficient (Wildman–Crippen LogP) is 3.83. The highest BCUT2D eigenvalue weighted by Crippen LogP contribution is 2.31. The van der Waals surface area contributed by atoms with E-state index in [1.807, 2.05) is 13.8 Å². The molecule has 18 heavy (non-hydrogen) atoms. The van der Waals surface area contributed by atoms with E-state index in [4.69, 9.17) is 5.73 Å². The van der Waals surface area contributed by atoms with Gasteiger partial charge in [0.25, 0.3) is 0 Å². The van der Waals surface area contributed by atoms with Crippen LogP contribution in [0.15, 0.2) is 18.2 Å². The Morgan fingerprint density at radius 2 is 1.61 bits per heavy atom. The minimum absolute atomic E-state index is 0.294. The second kappa shape index (κ2) is 4.74. The predicted molar refractivity (Wildman–Crippen MR) is 66.1 cm³/mol. The topological polar surface area (TPSA) is 26.0 Å². The van der Waals surface area contributed by atoms with E-state index in [1.54, 1.807) is 6.07 Å². The molecule has 1 aromatic carbocycles. The normalized spacial score (nSPS) is 12.8. The molecule has 0 spiro atoms. The molecule has 1 atom stereocenters. The minimum atomic E-state index is -0.955. The summed E-state index contributed by atoms with van der Waals surface area (Å²) in [5, 5.41) is 0. The van der Waals surface area contributed by atoms with Crippen molar-refractivity contribution in [2.45, 2.75) is 19.9 Å². The fourth-order valence-corrected chi connectivity index (χ4v) is 2.94. The molecule has 96 valence electrons. The van der Waals surface area contributed by atoms with Gasteiger partial charge in [0.05, 0.1) is 6.04 Å². The lowest BCUT2D eigenvalue weighted by Gasteiger charge is -2.14. The Hall–Kier alpha value is -1.33. The summed E-state index contributed by atoms with van der Waals surface area (Å²) < 4.78 is 40.1. The summed E-state index contributed by atoms with van der Waals surface area (Å²) in [4.78, 5) is 1.92. The fourth-order valence-electron chi connectivity index (χ4n) is 1.97. The molecular weight excluding hydrogens is 259 g/mol. The van der Waals surface area contributed by atoms with E-state index in [0.29, 0.717) is 17.7 Å². The molecule has 1 unspecified atom stereocenters. The standard InChI is InChI=1S/C13H12F3NS/c1-6-3-9(7(2)18-6)13(17)12-10(15)4-8(14)5-11(12)16/h3-5,13H,17H2,1-2H3. The first kappa shape index (κ1) is 13.1. The second-order valence-electron chi connectivity index (χ2n) is 4.13. The third-order valence-corrected chi connectivity index (χ3v) is 3.75. The molecule has 0 bridgehead atoms. The lowest BCUT2D eigenvalue weighted by molar-refractivity contribution is 0.515. The summed E-state index contributed by atoms with van der Waals surface area (Å²) >= 11 is 1.51. The lowest BCUT2D eigenvalue weighted by Crippen LogP contribution is -2.16. The summed E-state index contributed by atoms with van der Waals surface area (Å²) in [6, 6.07) is 2.17. The summed E-state index contributed by atoms with van der Waals surface area (Å²) in [6.07, 6.45) is 0. The van der Waals surface area contributed by atoms with Crippen molar-refractivity contribution in [3.05, 3.63) is 56.5 Å². The van der Waals surface area contributed by atoms with Crippen molar-refractivity contribution in [1.29, 1.82) is 0 Å². The Labute approximate surface area is 107 Å². The molecule has 0 aliphatic carbocycles. The van der Waals surface area contributed by atoms with Crippen LogP contribution in [0, 0.1) is 31.3 Å². The van der Waals surface area contributed by atoms with Gasteiger partial charge in [0, 0.05) is 27.5 Å². The molecule has 1 nitrogen and oxygen atoms in total. The number of thiophene rings is 1. The maximum absolute atomic E-state index is 13.6. The van der Waals surface area contributed by atoms with Gasteiger partial charge in [-0.05, 0) is 25.5 Å². The maximum Gasteiger partial charge on any atom is 0.134 e. The second-order valence-corrected chi connectivity index (χ2v) is 5.59. The smallest absolute Gasteiger partial charge is 0.134 e. The number of halogens is 3. The summed E-state index contributed by atoms with van der Waals surface area (Å²) in [5.41, 5.74) is 6.26. The molecule has 0 aliphatic rings. The first-order valence-corrected chi connectivity index (χ1v) is 6.18. The van der Waals surface area contributed by atoms with E-state index in [-0.39, 0.29) is 5.56 Å². The van der Waals surface area contributed by atoms with Crippen LogP contribution in [0.1, 0.15) is 26.9 Å². The van der Waals surface area contributed by atoms with Crippen molar-refractivity contribution in [2.24, 2.45) is 5.73 Å². The van der Waals surface area contributed by atoms with Gasteiger partial charge in [0.2, 0.25) is 0 Å². The molecule has 1 aromatic heterocycles. The van der Waals surface area contributed by atoms with Crippen LogP contribution in [0.4, 0.5) is 13.2 Å². The van der Waals surface area contributed by atoms with Crippen molar-refractivity contribution < 1.29 is 13.2 Å². The molecule has 2 aromatic rings. The van der Waals surface area contributed by atoms with Gasteiger partial charge >= 0.3 is 0 Å². The largest absolute Gasteiger partial charge is 0.320 e. The van der Waals surface area contributed by atoms with Crippen LogP contribution in [0.25, 0.3) is 0 Å². The van der Waals surface area contributed by atoms with Crippen LogP contribution in [-0.4, -0.2) is 0 Å². The highest BCUT2D eigenvalue weighted by atomic mass is 32.1. The molecule has 1 heterocycles. The fraction of sp³-hybridized carbons (Fsp3) is 0.231. The van der Waals surface area contributed by atoms with Gasteiger partial charge in [-0.25, -0.2) is 13.2 Å². The highest BCUT2D eigenvalue weighted by molar-refractivity contribution is 7.12. The van der Waals surface area contributed by atoms with Crippen molar-refractivity contribution >= 4 is 11.3 Å². The molecule has 0 fully saturated rings. The SMILES string of the molecule is Cc1cc(C(N)c2c(F)cc(F)cc2F)c(C)s1. The van der Waals surface area contributed by atoms with Crippen LogP contribution >= 0.6 is 11.3 Å². The van der Waals surface area contributed by atoms with Gasteiger partial charge in [-0.3, -0.25) is 0 Å². The van der Waals surface area contributed by atoms with Crippen LogP contribution in [0.3, 0.4) is 0 Å². The molecule has 0 aliphatic heterocycles. The average Bonchev–Trinajstić information content (AvgIpc) is 2.56. The molecule has 0 saturated carbocycles. The monoisotopic (exact) mass is 271 g/mol. The summed E-state index contributed by atoms with van der Waals surface area (Å²) in [6.45, 7) is 3.73. The zero-order chi connectivity index (χ0) is 13.4. The van der Waals surface area contributed by atoms with Crippen LogP contribution in [0.2, 0.25) is 0 Å². The van der Waals surface area contributed by atoms with E-state index in [1.165, 1.54) is 11.3 Å². The Balaban J connectivity index is 2.52. The summed E-state index contributed by atoms with van der Waals surface area (Å²) in [7, 11) is 0. The van der Waals surface area contributed by atoms with Crippen LogP contribution in [0.5, 0.6) is 0 Å². The van der Waals surface area contributed by atoms with E-state index in [0.717, 1.165) is 9.75 Å². The first-order valence-electron chi connectivity index (χ1n) is 5.37. The summed E-state index contributed by atoms with van der Waals surface area (Å²) in [5.74, 6) is -2.86. The number of rotatable bonds is 2. The van der Waals surface area contributed by atoms with Gasteiger partial charge in [0.15, 0.2) is 0 Å². The Bertz CT molecular complexity index is 569. The van der Waals surface area contributed by atoms with E-state index >= 15 is 0 Å². The Kier molecular flexibility index (Phi) is 3.45. The molecule has 0 radical (unpaired) electrons. The van der Waals surface area contributed by atoms with Crippen molar-refractivity contribution in [3.63, 3.8) is 0 Å². The maximum atomic E-state index is 13.6. The average molecular weight is 271 g/mol. The third-order valence-electron chi connectivity index (χ3n) is 2.77. The molecule has 2 rings (SSSR count). The van der Waals surface area contributed by atoms with Crippen molar-refractivity contribution in [2.75, 3.05) is 0 Å². The molecule has 2 N–H and O–H groups in total. The Morgan fingerprint density at radius 3 is 2.06 bits per heavy atom. The first-order chi connectivity index (χ1) is 8.40. The molecule has 5 heteroatoms. The van der Waals surface area contributed by atoms with Gasteiger partial charge in [-0.2, -0.15) is 0 Å². The zero-order valence-corrected chi connectivity index (χ0v) is 10.7. The van der Waals surface area contributed by atoms with Crippen LogP contribution < -0.4 is 5.73 Å². The van der Waals surface area contributed by atoms with Gasteiger partial charge < -0.3 is 5.73 Å². The minimum Gasteiger partial charge on any atom is -0.320 e. The number of nitrogens with two attached hydrogens (primary N) is 1. The number of aryl methyl sites for hydroxylation is 2. The Morgan fingerprint density at radius 1 is 1.06 bits per heavy atom. The number of hydrogen-bond donors (Lipinski definition) is 1. The molecule has 0 saturated heterocycles. The van der Waals surface area contributed by atoms with Gasteiger partial charge in [-0.15, -0.1) is 11.3 Å². The van der Waals surface area contributed by atoms with E-state index < -0.39 is 23.5 Å². The van der Waals surface area contributed by atoms with E-state index in [9.17, 15) is 13.2 Å². The lowest BCUT2D eigenvalue weighted by atomic mass is 9.99. The number of hydrogen-bond acceptors (Lipinski definition) is 2. The quantitative estimate of drug-likeness (QED) is 0.882. The van der Waals surface area contributed by atoms with Crippen molar-refractivity contribution in [3.8, 4) is 0 Å². The molecule has 0 amide bonds. The van der Waals surface area contributed by atoms with Gasteiger partial charge in [-0.1, -0.05) is 0 Å². The highest BCUT2D eigenvalue weighted by Gasteiger charge is 2.22. The zero-order valence-electron chi connectivity index (χ0n) is 9.93. The van der Waals surface area contributed by atoms with Crippen molar-refractivity contribution in [1.82, 2.24) is 0 Å². The van der Waals surface area contributed by atoms with Crippen LogP contribution in [-0.2, 0) is 0 Å². The van der Waals surface area contributed by atoms with E-state index in [2.05, 4.69) is 0 Å².